The van der Waals surface area contributed by atoms with Gasteiger partial charge in [-0.2, -0.15) is 0 Å². The molecule has 2 aromatic carbocycles. The molecule has 0 saturated carbocycles. The molecule has 3 aromatic rings. The van der Waals surface area contributed by atoms with Gasteiger partial charge < -0.3 is 14.6 Å². The molecule has 28 heavy (non-hydrogen) atoms. The second kappa shape index (κ2) is 9.12. The second-order valence-electron chi connectivity index (χ2n) is 6.01. The molecule has 1 N–H and O–H groups in total. The zero-order chi connectivity index (χ0) is 20.1. The van der Waals surface area contributed by atoms with Crippen molar-refractivity contribution in [1.29, 1.82) is 0 Å². The summed E-state index contributed by atoms with van der Waals surface area (Å²) in [5.41, 5.74) is 1.53. The highest BCUT2D eigenvalue weighted by Gasteiger charge is 2.21. The number of rotatable bonds is 7. The van der Waals surface area contributed by atoms with E-state index in [1.807, 2.05) is 42.7 Å². The number of carbonyl (C=O) groups excluding carboxylic acids is 1. The minimum absolute atomic E-state index is 0.128. The fraction of sp³-hybridized carbons (Fsp3) is 0.250. The van der Waals surface area contributed by atoms with Crippen LogP contribution in [-0.4, -0.2) is 33.0 Å². The van der Waals surface area contributed by atoms with Crippen LogP contribution in [0.15, 0.2) is 53.7 Å². The quantitative estimate of drug-likeness (QED) is 0.563. The van der Waals surface area contributed by atoms with Crippen LogP contribution in [0.5, 0.6) is 5.75 Å². The number of nitrogens with zero attached hydrogens (tertiary/aromatic N) is 3. The summed E-state index contributed by atoms with van der Waals surface area (Å²) in [5.74, 6) is 1.31. The number of nitrogens with one attached hydrogen (secondary N) is 1. The zero-order valence-electron chi connectivity index (χ0n) is 15.8. The van der Waals surface area contributed by atoms with Gasteiger partial charge in [0.2, 0.25) is 5.91 Å². The third-order valence-electron chi connectivity index (χ3n) is 4.12. The Morgan fingerprint density at radius 3 is 2.75 bits per heavy atom. The van der Waals surface area contributed by atoms with Crippen LogP contribution in [0.4, 0.5) is 5.69 Å². The number of hydrogen-bond donors (Lipinski definition) is 1. The third-order valence-corrected chi connectivity index (χ3v) is 5.44. The van der Waals surface area contributed by atoms with Crippen LogP contribution in [0.2, 0.25) is 5.02 Å². The number of para-hydroxylation sites is 1. The van der Waals surface area contributed by atoms with Gasteiger partial charge in [0.15, 0.2) is 11.0 Å². The second-order valence-corrected chi connectivity index (χ2v) is 7.75. The number of benzene rings is 2. The van der Waals surface area contributed by atoms with Crippen molar-refractivity contribution in [2.75, 3.05) is 12.4 Å². The number of halogens is 1. The summed E-state index contributed by atoms with van der Waals surface area (Å²) in [6.07, 6.45) is 0. The molecule has 0 fully saturated rings. The van der Waals surface area contributed by atoms with E-state index in [1.54, 1.807) is 31.4 Å². The van der Waals surface area contributed by atoms with E-state index in [1.165, 1.54) is 11.8 Å². The first-order chi connectivity index (χ1) is 13.5. The molecule has 1 unspecified atom stereocenters. The van der Waals surface area contributed by atoms with Gasteiger partial charge in [0.05, 0.1) is 17.9 Å². The van der Waals surface area contributed by atoms with E-state index in [9.17, 15) is 4.79 Å². The monoisotopic (exact) mass is 416 g/mol. The van der Waals surface area contributed by atoms with E-state index < -0.39 is 0 Å². The number of anilines is 1. The first kappa shape index (κ1) is 20.2. The molecular formula is C20H21ClN4O2S. The lowest BCUT2D eigenvalue weighted by atomic mass is 10.2. The molecule has 0 aliphatic heterocycles. The summed E-state index contributed by atoms with van der Waals surface area (Å²) in [4.78, 5) is 12.6. The molecule has 1 heterocycles. The Labute approximate surface area is 173 Å². The fourth-order valence-electron chi connectivity index (χ4n) is 2.71. The molecule has 8 heteroatoms. The van der Waals surface area contributed by atoms with Crippen LogP contribution >= 0.6 is 23.4 Å². The molecule has 3 rings (SSSR count). The highest BCUT2D eigenvalue weighted by molar-refractivity contribution is 8.00. The normalized spacial score (nSPS) is 11.9. The van der Waals surface area contributed by atoms with Crippen molar-refractivity contribution in [2.24, 2.45) is 0 Å². The molecular weight excluding hydrogens is 396 g/mol. The summed E-state index contributed by atoms with van der Waals surface area (Å²) < 4.78 is 7.42. The van der Waals surface area contributed by atoms with Crippen LogP contribution < -0.4 is 10.1 Å². The lowest BCUT2D eigenvalue weighted by Gasteiger charge is -2.13. The Kier molecular flexibility index (Phi) is 6.59. The number of thioether (sulfide) groups is 1. The van der Waals surface area contributed by atoms with Crippen LogP contribution in [0, 0.1) is 0 Å². The average Bonchev–Trinajstić information content (AvgIpc) is 3.10. The molecule has 0 bridgehead atoms. The number of aromatic nitrogens is 3. The lowest BCUT2D eigenvalue weighted by molar-refractivity contribution is -0.115. The predicted molar refractivity (Wildman–Crippen MR) is 113 cm³/mol. The topological polar surface area (TPSA) is 69.0 Å². The van der Waals surface area contributed by atoms with Gasteiger partial charge in [-0.15, -0.1) is 10.2 Å². The lowest BCUT2D eigenvalue weighted by Crippen LogP contribution is -2.22. The Morgan fingerprint density at radius 2 is 2.04 bits per heavy atom. The van der Waals surface area contributed by atoms with Crippen LogP contribution in [0.1, 0.15) is 13.8 Å². The number of methoxy groups -OCH3 is 1. The van der Waals surface area contributed by atoms with Crippen molar-refractivity contribution < 1.29 is 9.53 Å². The first-order valence-electron chi connectivity index (χ1n) is 8.83. The SMILES string of the molecule is CCn1c(SC(C)C(=O)Nc2cccc(Cl)c2)nnc1-c1ccccc1OC. The minimum Gasteiger partial charge on any atom is -0.496 e. The maximum Gasteiger partial charge on any atom is 0.237 e. The number of ether oxygens (including phenoxy) is 1. The summed E-state index contributed by atoms with van der Waals surface area (Å²) in [7, 11) is 1.63. The van der Waals surface area contributed by atoms with Crippen molar-refractivity contribution in [2.45, 2.75) is 30.8 Å². The molecule has 1 atom stereocenters. The average molecular weight is 417 g/mol. The van der Waals surface area contributed by atoms with Gasteiger partial charge in [-0.25, -0.2) is 0 Å². The van der Waals surface area contributed by atoms with E-state index in [-0.39, 0.29) is 11.2 Å². The first-order valence-corrected chi connectivity index (χ1v) is 10.1. The van der Waals surface area contributed by atoms with E-state index in [0.29, 0.717) is 28.2 Å². The third kappa shape index (κ3) is 4.48. The predicted octanol–water partition coefficient (Wildman–Crippen LogP) is 4.75. The van der Waals surface area contributed by atoms with Gasteiger partial charge in [0.25, 0.3) is 0 Å². The Morgan fingerprint density at radius 1 is 1.25 bits per heavy atom. The van der Waals surface area contributed by atoms with Gasteiger partial charge in [0.1, 0.15) is 5.75 Å². The standard InChI is InChI=1S/C20H21ClN4O2S/c1-4-25-18(16-10-5-6-11-17(16)27-3)23-24-20(25)28-13(2)19(26)22-15-9-7-8-14(21)12-15/h5-13H,4H2,1-3H3,(H,22,26). The molecule has 0 aliphatic carbocycles. The fourth-order valence-corrected chi connectivity index (χ4v) is 3.81. The molecule has 0 radical (unpaired) electrons. The smallest absolute Gasteiger partial charge is 0.237 e. The van der Waals surface area contributed by atoms with Crippen molar-refractivity contribution in [3.8, 4) is 17.1 Å². The molecule has 0 spiro atoms. The van der Waals surface area contributed by atoms with E-state index >= 15 is 0 Å². The van der Waals surface area contributed by atoms with Gasteiger partial charge in [-0.05, 0) is 44.2 Å². The maximum absolute atomic E-state index is 12.6. The van der Waals surface area contributed by atoms with E-state index in [4.69, 9.17) is 16.3 Å². The summed E-state index contributed by atoms with van der Waals surface area (Å²) in [6, 6.07) is 14.7. The molecule has 146 valence electrons. The van der Waals surface area contributed by atoms with Crippen molar-refractivity contribution >= 4 is 35.0 Å². The highest BCUT2D eigenvalue weighted by atomic mass is 35.5. The number of amides is 1. The highest BCUT2D eigenvalue weighted by Crippen LogP contribution is 2.32. The van der Waals surface area contributed by atoms with Gasteiger partial charge in [-0.3, -0.25) is 4.79 Å². The molecule has 6 nitrogen and oxygen atoms in total. The summed E-state index contributed by atoms with van der Waals surface area (Å²) >= 11 is 7.33. The molecule has 1 amide bonds. The molecule has 0 aliphatic rings. The maximum atomic E-state index is 12.6. The van der Waals surface area contributed by atoms with Gasteiger partial charge in [0, 0.05) is 17.3 Å². The largest absolute Gasteiger partial charge is 0.496 e. The van der Waals surface area contributed by atoms with Crippen LogP contribution in [0.25, 0.3) is 11.4 Å². The van der Waals surface area contributed by atoms with Crippen molar-refractivity contribution in [3.05, 3.63) is 53.6 Å². The molecule has 0 saturated heterocycles. The van der Waals surface area contributed by atoms with Gasteiger partial charge >= 0.3 is 0 Å². The van der Waals surface area contributed by atoms with Gasteiger partial charge in [-0.1, -0.05) is 41.6 Å². The van der Waals surface area contributed by atoms with Crippen molar-refractivity contribution in [1.82, 2.24) is 14.8 Å². The minimum atomic E-state index is -0.362. The molecule has 1 aromatic heterocycles. The summed E-state index contributed by atoms with van der Waals surface area (Å²) in [5, 5.41) is 12.4. The van der Waals surface area contributed by atoms with E-state index in [2.05, 4.69) is 15.5 Å². The zero-order valence-corrected chi connectivity index (χ0v) is 17.4. The van der Waals surface area contributed by atoms with Crippen LogP contribution in [-0.2, 0) is 11.3 Å². The van der Waals surface area contributed by atoms with Crippen LogP contribution in [0.3, 0.4) is 0 Å². The number of hydrogen-bond acceptors (Lipinski definition) is 5. The Hall–Kier alpha value is -2.51. The summed E-state index contributed by atoms with van der Waals surface area (Å²) in [6.45, 7) is 4.52. The van der Waals surface area contributed by atoms with E-state index in [0.717, 1.165) is 11.3 Å². The Balaban J connectivity index is 1.79. The van der Waals surface area contributed by atoms with Crippen molar-refractivity contribution in [3.63, 3.8) is 0 Å². The number of carbonyl (C=O) groups is 1. The Bertz CT molecular complexity index is 976.